The van der Waals surface area contributed by atoms with Crippen LogP contribution in [0, 0.1) is 0 Å². The lowest BCUT2D eigenvalue weighted by Gasteiger charge is -2.27. The van der Waals surface area contributed by atoms with Crippen LogP contribution in [0.1, 0.15) is 38.8 Å². The second kappa shape index (κ2) is 9.76. The van der Waals surface area contributed by atoms with Gasteiger partial charge in [-0.2, -0.15) is 0 Å². The zero-order valence-electron chi connectivity index (χ0n) is 16.3. The molecule has 1 N–H and O–H groups in total. The minimum atomic E-state index is -3.57. The van der Waals surface area contributed by atoms with Crippen LogP contribution < -0.4 is 4.72 Å². The molecule has 2 atom stereocenters. The maximum absolute atomic E-state index is 13.5. The monoisotopic (exact) mass is 409 g/mol. The molecule has 0 bridgehead atoms. The molecule has 0 fully saturated rings. The van der Waals surface area contributed by atoms with Gasteiger partial charge in [0.15, 0.2) is 0 Å². The average Bonchev–Trinajstić information content (AvgIpc) is 2.65. The number of hydrogen-bond donors (Lipinski definition) is 1. The lowest BCUT2D eigenvalue weighted by atomic mass is 10.2. The Morgan fingerprint density at radius 3 is 1.70 bits per heavy atom. The molecule has 2 aromatic rings. The average molecular weight is 409 g/mol. The van der Waals surface area contributed by atoms with Gasteiger partial charge >= 0.3 is 7.60 Å². The molecule has 0 aromatic heterocycles. The van der Waals surface area contributed by atoms with Crippen molar-refractivity contribution in [2.75, 3.05) is 0 Å². The van der Waals surface area contributed by atoms with E-state index in [0.717, 1.165) is 11.1 Å². The van der Waals surface area contributed by atoms with E-state index in [4.69, 9.17) is 9.05 Å². The van der Waals surface area contributed by atoms with Crippen LogP contribution in [0.15, 0.2) is 60.7 Å². The van der Waals surface area contributed by atoms with Gasteiger partial charge in [-0.25, -0.2) is 8.93 Å². The molecule has 0 saturated heterocycles. The van der Waals surface area contributed by atoms with E-state index in [2.05, 4.69) is 4.72 Å². The molecule has 2 aromatic carbocycles. The van der Waals surface area contributed by atoms with Crippen LogP contribution in [0.4, 0.5) is 0 Å². The van der Waals surface area contributed by atoms with Crippen LogP contribution in [-0.4, -0.2) is 14.7 Å². The molecule has 1 unspecified atom stereocenters. The number of benzene rings is 2. The fourth-order valence-electron chi connectivity index (χ4n) is 2.13. The highest BCUT2D eigenvalue weighted by molar-refractivity contribution is 7.84. The third-order valence-electron chi connectivity index (χ3n) is 3.82. The predicted molar refractivity (Wildman–Crippen MR) is 111 cm³/mol. The maximum atomic E-state index is 13.5. The third kappa shape index (κ3) is 6.98. The van der Waals surface area contributed by atoms with Crippen molar-refractivity contribution in [3.8, 4) is 0 Å². The van der Waals surface area contributed by atoms with Crippen molar-refractivity contribution < 1.29 is 17.8 Å². The zero-order chi connectivity index (χ0) is 19.9. The molecule has 0 aliphatic carbocycles. The Balaban J connectivity index is 2.12. The predicted octanol–water partition coefficient (Wildman–Crippen LogP) is 5.01. The highest BCUT2D eigenvalue weighted by atomic mass is 32.2. The van der Waals surface area contributed by atoms with Crippen molar-refractivity contribution in [3.63, 3.8) is 0 Å². The van der Waals surface area contributed by atoms with E-state index in [1.807, 2.05) is 81.4 Å². The zero-order valence-corrected chi connectivity index (χ0v) is 18.0. The summed E-state index contributed by atoms with van der Waals surface area (Å²) in [5, 5.41) is 0. The Morgan fingerprint density at radius 1 is 0.926 bits per heavy atom. The quantitative estimate of drug-likeness (QED) is 0.591. The second-order valence-electron chi connectivity index (χ2n) is 7.23. The van der Waals surface area contributed by atoms with Crippen LogP contribution in [0.3, 0.4) is 0 Å². The second-order valence-corrected chi connectivity index (χ2v) is 11.6. The van der Waals surface area contributed by atoms with Gasteiger partial charge in [-0.05, 0) is 38.8 Å². The Kier molecular flexibility index (Phi) is 7.95. The lowest BCUT2D eigenvalue weighted by molar-refractivity contribution is 0.184. The van der Waals surface area contributed by atoms with Crippen LogP contribution in [0.25, 0.3) is 0 Å². The third-order valence-corrected chi connectivity index (χ3v) is 7.73. The molecule has 0 aliphatic rings. The minimum absolute atomic E-state index is 0.154. The van der Waals surface area contributed by atoms with E-state index in [1.165, 1.54) is 0 Å². The van der Waals surface area contributed by atoms with Gasteiger partial charge in [-0.3, -0.25) is 4.57 Å². The highest BCUT2D eigenvalue weighted by Gasteiger charge is 2.36. The van der Waals surface area contributed by atoms with Crippen molar-refractivity contribution in [3.05, 3.63) is 71.8 Å². The van der Waals surface area contributed by atoms with Crippen molar-refractivity contribution in [2.45, 2.75) is 51.4 Å². The lowest BCUT2D eigenvalue weighted by Crippen LogP contribution is -2.38. The van der Waals surface area contributed by atoms with Gasteiger partial charge in [0.2, 0.25) is 0 Å². The fourth-order valence-corrected chi connectivity index (χ4v) is 4.78. The molecule has 0 saturated carbocycles. The van der Waals surface area contributed by atoms with Gasteiger partial charge in [-0.1, -0.05) is 60.7 Å². The van der Waals surface area contributed by atoms with Crippen molar-refractivity contribution >= 4 is 18.6 Å². The number of hydrogen-bond acceptors (Lipinski definition) is 4. The first-order valence-electron chi connectivity index (χ1n) is 8.85. The number of nitrogens with one attached hydrogen (secondary N) is 1. The highest BCUT2D eigenvalue weighted by Crippen LogP contribution is 2.53. The topological polar surface area (TPSA) is 64.6 Å². The smallest absolute Gasteiger partial charge is 0.303 e. The SMILES string of the molecule is C[C@H](NS(=O)C(C)(C)C)P(=O)(OCc1ccccc1)OCc1ccccc1. The van der Waals surface area contributed by atoms with Crippen molar-refractivity contribution in [1.29, 1.82) is 0 Å². The molecular formula is C20H28NO4PS. The van der Waals surface area contributed by atoms with Gasteiger partial charge < -0.3 is 9.05 Å². The summed E-state index contributed by atoms with van der Waals surface area (Å²) < 4.78 is 39.8. The normalized spacial score (nSPS) is 14.7. The van der Waals surface area contributed by atoms with Gasteiger partial charge in [0.05, 0.1) is 28.9 Å². The maximum Gasteiger partial charge on any atom is 0.348 e. The Bertz CT molecular complexity index is 730. The van der Waals surface area contributed by atoms with E-state index in [0.29, 0.717) is 0 Å². The Morgan fingerprint density at radius 2 is 1.33 bits per heavy atom. The Labute approximate surface area is 164 Å². The van der Waals surface area contributed by atoms with Crippen LogP contribution in [0.2, 0.25) is 0 Å². The van der Waals surface area contributed by atoms with Gasteiger partial charge in [0.1, 0.15) is 5.78 Å². The van der Waals surface area contributed by atoms with E-state index in [1.54, 1.807) is 6.92 Å². The van der Waals surface area contributed by atoms with Crippen LogP contribution >= 0.6 is 7.60 Å². The summed E-state index contributed by atoms with van der Waals surface area (Å²) in [6.45, 7) is 7.54. The van der Waals surface area contributed by atoms with Gasteiger partial charge in [0, 0.05) is 0 Å². The summed E-state index contributed by atoms with van der Waals surface area (Å²) in [5.41, 5.74) is 1.79. The molecule has 7 heteroatoms. The summed E-state index contributed by atoms with van der Waals surface area (Å²) in [6.07, 6.45) is 0. The Hall–Kier alpha value is -1.30. The standard InChI is InChI=1S/C20H28NO4PS/c1-17(21-27(23)20(2,3)4)26(22,24-15-18-11-7-5-8-12-18)25-16-19-13-9-6-10-14-19/h5-14,17,21H,15-16H2,1-4H3/t17-,27?/m1/s1. The van der Waals surface area contributed by atoms with E-state index in [-0.39, 0.29) is 13.2 Å². The van der Waals surface area contributed by atoms with Crippen molar-refractivity contribution in [1.82, 2.24) is 4.72 Å². The largest absolute Gasteiger partial charge is 0.348 e. The van der Waals surface area contributed by atoms with Gasteiger partial charge in [0.25, 0.3) is 0 Å². The van der Waals surface area contributed by atoms with Crippen molar-refractivity contribution in [2.24, 2.45) is 0 Å². The molecule has 27 heavy (non-hydrogen) atoms. The number of rotatable bonds is 9. The fraction of sp³-hybridized carbons (Fsp3) is 0.400. The first-order valence-corrected chi connectivity index (χ1v) is 11.6. The summed E-state index contributed by atoms with van der Waals surface area (Å²) in [7, 11) is -4.96. The first-order chi connectivity index (χ1) is 12.7. The molecule has 0 aliphatic heterocycles. The molecule has 0 amide bonds. The van der Waals surface area contributed by atoms with Crippen LogP contribution in [-0.2, 0) is 37.8 Å². The summed E-state index contributed by atoms with van der Waals surface area (Å²) in [4.78, 5) is 0. The van der Waals surface area contributed by atoms with E-state index in [9.17, 15) is 8.77 Å². The molecule has 2 rings (SSSR count). The van der Waals surface area contributed by atoms with Crippen LogP contribution in [0.5, 0.6) is 0 Å². The van der Waals surface area contributed by atoms with E-state index >= 15 is 0 Å². The molecule has 5 nitrogen and oxygen atoms in total. The molecule has 0 radical (unpaired) electrons. The molecule has 0 spiro atoms. The van der Waals surface area contributed by atoms with E-state index < -0.39 is 29.1 Å². The molecule has 148 valence electrons. The minimum Gasteiger partial charge on any atom is -0.303 e. The van der Waals surface area contributed by atoms with Gasteiger partial charge in [-0.15, -0.1) is 0 Å². The molecular weight excluding hydrogens is 381 g/mol. The summed E-state index contributed by atoms with van der Waals surface area (Å²) in [6, 6.07) is 19.0. The first kappa shape index (κ1) is 22.0. The molecule has 0 heterocycles. The summed E-state index contributed by atoms with van der Waals surface area (Å²) in [5.74, 6) is -0.718. The summed E-state index contributed by atoms with van der Waals surface area (Å²) >= 11 is 0.